The van der Waals surface area contributed by atoms with Crippen LogP contribution in [-0.2, 0) is 11.0 Å². The molecule has 0 heterocycles. The lowest BCUT2D eigenvalue weighted by Gasteiger charge is -2.34. The van der Waals surface area contributed by atoms with Gasteiger partial charge in [-0.25, -0.2) is 4.79 Å². The second-order valence-electron chi connectivity index (χ2n) is 5.30. The molecule has 25 heavy (non-hydrogen) atoms. The number of hydrogen-bond donors (Lipinski definition) is 0. The minimum atomic E-state index is -4.54. The molecule has 0 radical (unpaired) electrons. The molecule has 0 bridgehead atoms. The van der Waals surface area contributed by atoms with Crippen molar-refractivity contribution in [2.75, 3.05) is 6.54 Å². The summed E-state index contributed by atoms with van der Waals surface area (Å²) in [7, 11) is 0. The first-order valence-corrected chi connectivity index (χ1v) is 8.15. The van der Waals surface area contributed by atoms with Gasteiger partial charge in [-0.05, 0) is 12.1 Å². The van der Waals surface area contributed by atoms with Crippen LogP contribution in [0.4, 0.5) is 24.5 Å². The Hall–Kier alpha value is -1.82. The van der Waals surface area contributed by atoms with Gasteiger partial charge in [0.05, 0.1) is 5.56 Å². The van der Waals surface area contributed by atoms with Crippen LogP contribution in [0.3, 0.4) is 0 Å². The number of benzene rings is 2. The van der Waals surface area contributed by atoms with Crippen LogP contribution < -0.4 is 4.48 Å². The molecule has 0 N–H and O–H groups in total. The van der Waals surface area contributed by atoms with E-state index in [1.165, 1.54) is 18.2 Å². The van der Waals surface area contributed by atoms with Crippen molar-refractivity contribution in [3.63, 3.8) is 0 Å². The summed E-state index contributed by atoms with van der Waals surface area (Å²) in [6, 6.07) is 13.0. The van der Waals surface area contributed by atoms with E-state index in [4.69, 9.17) is 23.2 Å². The van der Waals surface area contributed by atoms with Crippen LogP contribution in [0.2, 0.25) is 0 Å². The molecule has 7 heteroatoms. The third kappa shape index (κ3) is 3.89. The number of halogens is 5. The van der Waals surface area contributed by atoms with Gasteiger partial charge in [0.2, 0.25) is 4.84 Å². The Bertz CT molecular complexity index is 762. The largest absolute Gasteiger partial charge is 0.416 e. The third-order valence-electron chi connectivity index (χ3n) is 3.78. The van der Waals surface area contributed by atoms with Gasteiger partial charge in [-0.1, -0.05) is 54.0 Å². The maximum absolute atomic E-state index is 13.1. The van der Waals surface area contributed by atoms with Gasteiger partial charge in [-0.15, -0.1) is 0 Å². The fourth-order valence-corrected chi connectivity index (χ4v) is 3.00. The predicted octanol–water partition coefficient (Wildman–Crippen LogP) is 5.86. The molecule has 2 rings (SSSR count). The summed E-state index contributed by atoms with van der Waals surface area (Å²) in [6.07, 6.45) is -3.10. The van der Waals surface area contributed by atoms with Crippen LogP contribution in [0.25, 0.3) is 0 Å². The molecule has 2 aromatic rings. The first kappa shape index (κ1) is 19.5. The summed E-state index contributed by atoms with van der Waals surface area (Å²) in [6.45, 7) is 3.63. The van der Waals surface area contributed by atoms with Gasteiger partial charge in [-0.2, -0.15) is 17.7 Å². The van der Waals surface area contributed by atoms with Crippen LogP contribution >= 0.6 is 23.2 Å². The van der Waals surface area contributed by atoms with E-state index in [1.54, 1.807) is 30.3 Å². The Balaban J connectivity index is 2.79. The first-order chi connectivity index (χ1) is 11.7. The Kier molecular flexibility index (Phi) is 5.93. The van der Waals surface area contributed by atoms with Crippen molar-refractivity contribution in [2.24, 2.45) is 0 Å². The van der Waals surface area contributed by atoms with Crippen molar-refractivity contribution >= 4 is 40.5 Å². The lowest BCUT2D eigenvalue weighted by molar-refractivity contribution is -0.137. The summed E-state index contributed by atoms with van der Waals surface area (Å²) in [5, 5.41) is 0. The second-order valence-corrected chi connectivity index (χ2v) is 6.40. The van der Waals surface area contributed by atoms with E-state index in [0.717, 1.165) is 12.1 Å². The van der Waals surface area contributed by atoms with Crippen molar-refractivity contribution in [1.82, 2.24) is 4.48 Å². The molecule has 1 atom stereocenters. The average Bonchev–Trinajstić information content (AvgIpc) is 2.59. The van der Waals surface area contributed by atoms with E-state index in [-0.39, 0.29) is 12.2 Å². The molecule has 132 valence electrons. The first-order valence-electron chi connectivity index (χ1n) is 7.28. The van der Waals surface area contributed by atoms with Crippen molar-refractivity contribution in [1.29, 1.82) is 0 Å². The third-order valence-corrected chi connectivity index (χ3v) is 4.15. The topological polar surface area (TPSA) is 17.1 Å². The number of amides is 1. The average molecular weight is 389 g/mol. The summed E-state index contributed by atoms with van der Waals surface area (Å²) in [4.78, 5) is 11.5. The van der Waals surface area contributed by atoms with E-state index >= 15 is 0 Å². The molecular formula is C18H15Cl2F3NO+. The zero-order valence-electron chi connectivity index (χ0n) is 13.0. The fourth-order valence-electron chi connectivity index (χ4n) is 2.67. The quantitative estimate of drug-likeness (QED) is 0.356. The lowest BCUT2D eigenvalue weighted by atomic mass is 10.1. The molecule has 0 fully saturated rings. The van der Waals surface area contributed by atoms with Gasteiger partial charge in [-0.3, -0.25) is 0 Å². The highest BCUT2D eigenvalue weighted by Gasteiger charge is 2.45. The van der Waals surface area contributed by atoms with Crippen molar-refractivity contribution in [3.8, 4) is 0 Å². The number of quaternary nitrogens is 1. The molecule has 1 unspecified atom stereocenters. The molecule has 0 aliphatic heterocycles. The summed E-state index contributed by atoms with van der Waals surface area (Å²) < 4.78 is 38.8. The lowest BCUT2D eigenvalue weighted by Crippen LogP contribution is -2.52. The minimum absolute atomic E-state index is 0.0000964. The zero-order chi connectivity index (χ0) is 18.7. The molecule has 0 saturated heterocycles. The van der Waals surface area contributed by atoms with Crippen LogP contribution in [0.15, 0.2) is 67.3 Å². The van der Waals surface area contributed by atoms with Gasteiger partial charge in [0.15, 0.2) is 0 Å². The second kappa shape index (κ2) is 7.60. The Morgan fingerprint density at radius 1 is 1.08 bits per heavy atom. The highest BCUT2D eigenvalue weighted by molar-refractivity contribution is 6.54. The predicted molar refractivity (Wildman–Crippen MR) is 94.9 cm³/mol. The van der Waals surface area contributed by atoms with Crippen LogP contribution in [-0.4, -0.2) is 17.3 Å². The van der Waals surface area contributed by atoms with Crippen molar-refractivity contribution < 1.29 is 18.0 Å². The Morgan fingerprint density at radius 2 is 1.68 bits per heavy atom. The molecule has 2 aromatic carbocycles. The van der Waals surface area contributed by atoms with Crippen molar-refractivity contribution in [2.45, 2.75) is 11.0 Å². The normalized spacial score (nSPS) is 14.2. The molecule has 0 aliphatic rings. The number of para-hydroxylation sites is 1. The molecule has 0 aromatic heterocycles. The van der Waals surface area contributed by atoms with Gasteiger partial charge >= 0.3 is 12.1 Å². The molecular weight excluding hydrogens is 374 g/mol. The summed E-state index contributed by atoms with van der Waals surface area (Å²) in [5.41, 5.74) is -0.309. The molecule has 2 nitrogen and oxygen atoms in total. The maximum Gasteiger partial charge on any atom is 0.416 e. The minimum Gasteiger partial charge on any atom is -0.227 e. The zero-order valence-corrected chi connectivity index (χ0v) is 14.5. The number of alkyl halides is 5. The van der Waals surface area contributed by atoms with E-state index in [1.807, 2.05) is 0 Å². The van der Waals surface area contributed by atoms with Gasteiger partial charge in [0, 0.05) is 24.3 Å². The van der Waals surface area contributed by atoms with Crippen LogP contribution in [0.5, 0.6) is 0 Å². The number of rotatable bonds is 5. The van der Waals surface area contributed by atoms with E-state index in [0.29, 0.717) is 5.69 Å². The van der Waals surface area contributed by atoms with E-state index < -0.39 is 27.0 Å². The van der Waals surface area contributed by atoms with Gasteiger partial charge in [0.1, 0.15) is 17.9 Å². The number of hydrogen-bond acceptors (Lipinski definition) is 1. The highest BCUT2D eigenvalue weighted by Crippen LogP contribution is 2.40. The number of carbonyl (C=O) groups excluding carboxylic acids is 1. The maximum atomic E-state index is 13.1. The summed E-state index contributed by atoms with van der Waals surface area (Å²) >= 11 is 11.6. The number of nitrogens with zero attached hydrogens (tertiary/aromatic N) is 1. The fraction of sp³-hybridized carbons (Fsp3) is 0.167. The SMILES string of the molecule is C=CC[N+](C(=O)C(Cl)Cl)(c1ccccc1)c1cccc(C(F)(F)F)c1. The highest BCUT2D eigenvalue weighted by atomic mass is 35.5. The van der Waals surface area contributed by atoms with E-state index in [2.05, 4.69) is 6.58 Å². The van der Waals surface area contributed by atoms with E-state index in [9.17, 15) is 18.0 Å². The Morgan fingerprint density at radius 3 is 2.20 bits per heavy atom. The molecule has 0 spiro atoms. The molecule has 0 saturated carbocycles. The van der Waals surface area contributed by atoms with Gasteiger partial charge in [0.25, 0.3) is 0 Å². The summed E-state index contributed by atoms with van der Waals surface area (Å²) in [5.74, 6) is -0.659. The van der Waals surface area contributed by atoms with Crippen LogP contribution in [0.1, 0.15) is 5.56 Å². The number of carbonyl (C=O) groups is 1. The van der Waals surface area contributed by atoms with Crippen molar-refractivity contribution in [3.05, 3.63) is 72.8 Å². The standard InChI is InChI=1S/C18H15Cl2F3NO/c1-2-11-24(17(25)16(19)20,14-8-4-3-5-9-14)15-10-6-7-13(12-15)18(21,22)23/h2-10,12,16H,1,11H2/q+1. The molecule has 0 aliphatic carbocycles. The monoisotopic (exact) mass is 388 g/mol. The smallest absolute Gasteiger partial charge is 0.227 e. The van der Waals surface area contributed by atoms with Crippen LogP contribution in [0, 0.1) is 0 Å². The van der Waals surface area contributed by atoms with Gasteiger partial charge < -0.3 is 0 Å². The Labute approximate surface area is 153 Å². The molecule has 1 amide bonds.